The quantitative estimate of drug-likeness (QED) is 0.653. The summed E-state index contributed by atoms with van der Waals surface area (Å²) in [5.41, 5.74) is 1.95. The van der Waals surface area contributed by atoms with Gasteiger partial charge in [-0.25, -0.2) is 4.98 Å². The van der Waals surface area contributed by atoms with Gasteiger partial charge in [0.2, 0.25) is 5.91 Å². The summed E-state index contributed by atoms with van der Waals surface area (Å²) in [7, 11) is 0. The van der Waals surface area contributed by atoms with Gasteiger partial charge in [-0.3, -0.25) is 4.79 Å². The van der Waals surface area contributed by atoms with E-state index in [0.717, 1.165) is 35.1 Å². The third-order valence-corrected chi connectivity index (χ3v) is 5.33. The van der Waals surface area contributed by atoms with E-state index in [0.29, 0.717) is 18.1 Å². The van der Waals surface area contributed by atoms with Crippen LogP contribution in [0, 0.1) is 6.92 Å². The van der Waals surface area contributed by atoms with E-state index in [9.17, 15) is 4.79 Å². The second-order valence-electron chi connectivity index (χ2n) is 6.42. The molecule has 0 radical (unpaired) electrons. The summed E-state index contributed by atoms with van der Waals surface area (Å²) in [5.74, 6) is 2.00. The van der Waals surface area contributed by atoms with Crippen LogP contribution in [-0.2, 0) is 17.8 Å². The Bertz CT molecular complexity index is 900. The number of nitrogens with zero attached hydrogens (tertiary/aromatic N) is 3. The van der Waals surface area contributed by atoms with Crippen LogP contribution in [-0.4, -0.2) is 32.9 Å². The van der Waals surface area contributed by atoms with Crippen LogP contribution in [0.15, 0.2) is 52.3 Å². The molecular formula is C19H21N5O2S. The molecular weight excluding hydrogens is 362 g/mol. The zero-order chi connectivity index (χ0) is 18.6. The molecule has 0 saturated heterocycles. The number of hydrogen-bond acceptors (Lipinski definition) is 6. The summed E-state index contributed by atoms with van der Waals surface area (Å²) < 4.78 is 7.21. The van der Waals surface area contributed by atoms with Crippen LogP contribution in [0.2, 0.25) is 0 Å². The maximum atomic E-state index is 12.8. The molecule has 1 aromatic carbocycles. The zero-order valence-corrected chi connectivity index (χ0v) is 15.8. The van der Waals surface area contributed by atoms with Gasteiger partial charge in [0.15, 0.2) is 11.0 Å². The Morgan fingerprint density at radius 3 is 2.96 bits per heavy atom. The summed E-state index contributed by atoms with van der Waals surface area (Å²) in [6.45, 7) is 3.45. The normalized spacial score (nSPS) is 14.1. The first-order valence-electron chi connectivity index (χ1n) is 8.90. The average Bonchev–Trinajstić information content (AvgIpc) is 3.36. The largest absolute Gasteiger partial charge is 0.360 e. The SMILES string of the molecule is Cc1cc(NC(=O)C(NCCc2cn3c(n2)SCC3)c2ccccc2)no1. The Kier molecular flexibility index (Phi) is 5.26. The van der Waals surface area contributed by atoms with E-state index in [4.69, 9.17) is 4.52 Å². The van der Waals surface area contributed by atoms with Crippen molar-refractivity contribution in [2.45, 2.75) is 31.1 Å². The van der Waals surface area contributed by atoms with Crippen molar-refractivity contribution in [2.24, 2.45) is 0 Å². The molecule has 8 heteroatoms. The standard InChI is InChI=1S/C19H21N5O2S/c1-13-11-16(23-26-13)22-18(25)17(14-5-3-2-4-6-14)20-8-7-15-12-24-9-10-27-19(24)21-15/h2-6,11-12,17,20H,7-10H2,1H3,(H,22,23,25). The van der Waals surface area contributed by atoms with E-state index < -0.39 is 6.04 Å². The number of nitrogens with one attached hydrogen (secondary N) is 2. The van der Waals surface area contributed by atoms with Crippen LogP contribution >= 0.6 is 11.8 Å². The number of rotatable bonds is 7. The van der Waals surface area contributed by atoms with Gasteiger partial charge in [-0.1, -0.05) is 47.3 Å². The van der Waals surface area contributed by atoms with Crippen LogP contribution in [0.3, 0.4) is 0 Å². The van der Waals surface area contributed by atoms with E-state index in [1.54, 1.807) is 24.8 Å². The Morgan fingerprint density at radius 1 is 1.37 bits per heavy atom. The highest BCUT2D eigenvalue weighted by molar-refractivity contribution is 7.99. The van der Waals surface area contributed by atoms with Gasteiger partial charge in [-0.05, 0) is 12.5 Å². The number of imidazole rings is 1. The maximum Gasteiger partial charge on any atom is 0.247 e. The van der Waals surface area contributed by atoms with Crippen molar-refractivity contribution in [3.63, 3.8) is 0 Å². The number of fused-ring (bicyclic) bond motifs is 1. The van der Waals surface area contributed by atoms with Gasteiger partial charge in [0.25, 0.3) is 0 Å². The molecule has 7 nitrogen and oxygen atoms in total. The zero-order valence-electron chi connectivity index (χ0n) is 15.0. The van der Waals surface area contributed by atoms with E-state index in [-0.39, 0.29) is 5.91 Å². The molecule has 1 atom stereocenters. The van der Waals surface area contributed by atoms with Gasteiger partial charge in [-0.15, -0.1) is 0 Å². The van der Waals surface area contributed by atoms with Crippen LogP contribution in [0.5, 0.6) is 0 Å². The first kappa shape index (κ1) is 17.8. The molecule has 3 aromatic rings. The molecule has 140 valence electrons. The van der Waals surface area contributed by atoms with Gasteiger partial charge in [0.1, 0.15) is 11.8 Å². The highest BCUT2D eigenvalue weighted by Crippen LogP contribution is 2.24. The number of benzene rings is 1. The Labute approximate surface area is 161 Å². The first-order chi connectivity index (χ1) is 13.2. The highest BCUT2D eigenvalue weighted by atomic mass is 32.2. The number of carbonyl (C=O) groups excluding carboxylic acids is 1. The molecule has 2 N–H and O–H groups in total. The van der Waals surface area contributed by atoms with E-state index in [1.807, 2.05) is 30.3 Å². The molecule has 27 heavy (non-hydrogen) atoms. The van der Waals surface area contributed by atoms with Gasteiger partial charge >= 0.3 is 0 Å². The van der Waals surface area contributed by atoms with Crippen molar-refractivity contribution < 1.29 is 9.32 Å². The second kappa shape index (κ2) is 7.98. The molecule has 2 aromatic heterocycles. The van der Waals surface area contributed by atoms with E-state index in [2.05, 4.69) is 31.5 Å². The lowest BCUT2D eigenvalue weighted by Crippen LogP contribution is -2.34. The average molecular weight is 383 g/mol. The number of aromatic nitrogens is 3. The van der Waals surface area contributed by atoms with Crippen molar-refractivity contribution in [1.29, 1.82) is 0 Å². The maximum absolute atomic E-state index is 12.8. The van der Waals surface area contributed by atoms with Crippen LogP contribution in [0.25, 0.3) is 0 Å². The highest BCUT2D eigenvalue weighted by Gasteiger charge is 2.21. The molecule has 1 aliphatic heterocycles. The molecule has 1 unspecified atom stereocenters. The van der Waals surface area contributed by atoms with E-state index >= 15 is 0 Å². The van der Waals surface area contributed by atoms with Crippen molar-refractivity contribution >= 4 is 23.5 Å². The molecule has 0 fully saturated rings. The van der Waals surface area contributed by atoms with Gasteiger partial charge in [0.05, 0.1) is 5.69 Å². The number of thioether (sulfide) groups is 1. The van der Waals surface area contributed by atoms with Crippen LogP contribution in [0.1, 0.15) is 23.1 Å². The lowest BCUT2D eigenvalue weighted by Gasteiger charge is -2.18. The predicted octanol–water partition coefficient (Wildman–Crippen LogP) is 2.80. The van der Waals surface area contributed by atoms with Crippen molar-refractivity contribution in [3.05, 3.63) is 59.6 Å². The minimum Gasteiger partial charge on any atom is -0.360 e. The summed E-state index contributed by atoms with van der Waals surface area (Å²) in [5, 5.41) is 11.1. The van der Waals surface area contributed by atoms with Gasteiger partial charge in [0, 0.05) is 37.5 Å². The van der Waals surface area contributed by atoms with Crippen LogP contribution in [0.4, 0.5) is 5.82 Å². The van der Waals surface area contributed by atoms with E-state index in [1.165, 1.54) is 0 Å². The Morgan fingerprint density at radius 2 is 2.22 bits per heavy atom. The third-order valence-electron chi connectivity index (χ3n) is 4.36. The summed E-state index contributed by atoms with van der Waals surface area (Å²) in [6, 6.07) is 10.9. The fraction of sp³-hybridized carbons (Fsp3) is 0.316. The molecule has 3 heterocycles. The lowest BCUT2D eigenvalue weighted by molar-refractivity contribution is -0.118. The minimum atomic E-state index is -0.480. The molecule has 1 aliphatic rings. The Hall–Kier alpha value is -2.58. The number of aryl methyl sites for hydroxylation is 2. The fourth-order valence-corrected chi connectivity index (χ4v) is 4.02. The van der Waals surface area contributed by atoms with Crippen molar-refractivity contribution in [1.82, 2.24) is 20.0 Å². The number of amides is 1. The molecule has 0 bridgehead atoms. The van der Waals surface area contributed by atoms with Crippen LogP contribution < -0.4 is 10.6 Å². The summed E-state index contributed by atoms with van der Waals surface area (Å²) >= 11 is 1.78. The topological polar surface area (TPSA) is 85.0 Å². The monoisotopic (exact) mass is 383 g/mol. The van der Waals surface area contributed by atoms with Crippen molar-refractivity contribution in [2.75, 3.05) is 17.6 Å². The minimum absolute atomic E-state index is 0.169. The lowest BCUT2D eigenvalue weighted by atomic mass is 10.1. The first-order valence-corrected chi connectivity index (χ1v) is 9.89. The number of anilines is 1. The molecule has 1 amide bonds. The van der Waals surface area contributed by atoms with Crippen molar-refractivity contribution in [3.8, 4) is 0 Å². The fourth-order valence-electron chi connectivity index (χ4n) is 3.06. The summed E-state index contributed by atoms with van der Waals surface area (Å²) in [4.78, 5) is 17.4. The molecule has 0 aliphatic carbocycles. The van der Waals surface area contributed by atoms with Gasteiger partial charge < -0.3 is 19.7 Å². The third kappa shape index (κ3) is 4.23. The summed E-state index contributed by atoms with van der Waals surface area (Å²) in [6.07, 6.45) is 2.87. The molecule has 4 rings (SSSR count). The van der Waals surface area contributed by atoms with Gasteiger partial charge in [-0.2, -0.15) is 0 Å². The second-order valence-corrected chi connectivity index (χ2v) is 7.48. The Balaban J connectivity index is 1.42. The predicted molar refractivity (Wildman–Crippen MR) is 104 cm³/mol. The number of hydrogen-bond donors (Lipinski definition) is 2. The molecule has 0 spiro atoms. The molecule has 0 saturated carbocycles. The number of carbonyl (C=O) groups is 1. The smallest absolute Gasteiger partial charge is 0.247 e.